The molecule has 1 aliphatic rings. The van der Waals surface area contributed by atoms with Crippen LogP contribution in [0.1, 0.15) is 23.7 Å². The molecule has 25 heavy (non-hydrogen) atoms. The molecule has 1 aromatic carbocycles. The lowest BCUT2D eigenvalue weighted by atomic mass is 10.0. The molecule has 1 atom stereocenters. The first-order chi connectivity index (χ1) is 11.9. The van der Waals surface area contributed by atoms with Gasteiger partial charge >= 0.3 is 0 Å². The zero-order valence-corrected chi connectivity index (χ0v) is 15.1. The van der Waals surface area contributed by atoms with Crippen molar-refractivity contribution in [3.05, 3.63) is 46.0 Å². The molecule has 130 valence electrons. The van der Waals surface area contributed by atoms with E-state index in [4.69, 9.17) is 15.9 Å². The summed E-state index contributed by atoms with van der Waals surface area (Å²) in [5, 5.41) is 26.2. The van der Waals surface area contributed by atoms with E-state index in [2.05, 4.69) is 11.1 Å². The highest BCUT2D eigenvalue weighted by molar-refractivity contribution is 8.35. The summed E-state index contributed by atoms with van der Waals surface area (Å²) >= 11 is 0. The van der Waals surface area contributed by atoms with Crippen LogP contribution >= 0.6 is 10.2 Å². The van der Waals surface area contributed by atoms with Crippen molar-refractivity contribution in [2.75, 3.05) is 12.9 Å². The molecule has 2 heterocycles. The van der Waals surface area contributed by atoms with Crippen molar-refractivity contribution in [1.82, 2.24) is 9.97 Å². The van der Waals surface area contributed by atoms with E-state index >= 15 is 0 Å². The average molecular weight is 355 g/mol. The summed E-state index contributed by atoms with van der Waals surface area (Å²) in [4.78, 5) is 9.95. The summed E-state index contributed by atoms with van der Waals surface area (Å²) in [6, 6.07) is 9.98. The van der Waals surface area contributed by atoms with Gasteiger partial charge in [-0.05, 0) is 24.3 Å². The second-order valence-corrected chi connectivity index (χ2v) is 8.85. The minimum absolute atomic E-state index is 0.0270. The third-order valence-electron chi connectivity index (χ3n) is 4.39. The Hall–Kier alpha value is -2.24. The van der Waals surface area contributed by atoms with Gasteiger partial charge < -0.3 is 10.8 Å². The quantitative estimate of drug-likeness (QED) is 0.722. The van der Waals surface area contributed by atoms with Gasteiger partial charge in [0.15, 0.2) is 5.82 Å². The molecule has 5 N–H and O–H groups in total. The third kappa shape index (κ3) is 2.83. The fourth-order valence-electron chi connectivity index (χ4n) is 3.08. The highest BCUT2D eigenvalue weighted by Crippen LogP contribution is 2.61. The van der Waals surface area contributed by atoms with Crippen molar-refractivity contribution in [1.29, 1.82) is 5.26 Å². The third-order valence-corrected chi connectivity index (χ3v) is 6.73. The summed E-state index contributed by atoms with van der Waals surface area (Å²) in [5.74, 6) is 0.557. The summed E-state index contributed by atoms with van der Waals surface area (Å²) in [5.41, 5.74) is 9.92. The van der Waals surface area contributed by atoms with E-state index < -0.39 is 10.2 Å². The Balaban J connectivity index is 2.21. The van der Waals surface area contributed by atoms with Crippen LogP contribution in [0.3, 0.4) is 0 Å². The molecular weight excluding hydrogens is 334 g/mol. The average Bonchev–Trinajstić information content (AvgIpc) is 2.81. The topological polar surface area (TPSA) is 122 Å². The Morgan fingerprint density at radius 3 is 2.48 bits per heavy atom. The highest BCUT2D eigenvalue weighted by Gasteiger charge is 2.37. The lowest BCUT2D eigenvalue weighted by molar-refractivity contribution is 0.298. The lowest BCUT2D eigenvalue weighted by Crippen LogP contribution is -2.13. The molecule has 0 saturated carbocycles. The van der Waals surface area contributed by atoms with Crippen molar-refractivity contribution in [2.24, 2.45) is 10.9 Å². The second kappa shape index (κ2) is 6.58. The van der Waals surface area contributed by atoms with Gasteiger partial charge in [0.2, 0.25) is 0 Å². The van der Waals surface area contributed by atoms with Crippen LogP contribution in [0.15, 0.2) is 34.2 Å². The zero-order valence-electron chi connectivity index (χ0n) is 14.3. The smallest absolute Gasteiger partial charge is 0.160 e. The van der Waals surface area contributed by atoms with E-state index in [0.717, 1.165) is 33.0 Å². The molecule has 0 bridgehead atoms. The molecule has 7 heteroatoms. The fraction of sp³-hybridized carbons (Fsp3) is 0.278. The Bertz CT molecular complexity index is 897. The summed E-state index contributed by atoms with van der Waals surface area (Å²) in [6.45, 7) is 2.32. The summed E-state index contributed by atoms with van der Waals surface area (Å²) in [7, 11) is -1.96. The van der Waals surface area contributed by atoms with Crippen LogP contribution in [0.2, 0.25) is 0 Å². The van der Waals surface area contributed by atoms with E-state index in [9.17, 15) is 10.4 Å². The van der Waals surface area contributed by atoms with Gasteiger partial charge in [-0.25, -0.2) is 9.97 Å². The Kier molecular flexibility index (Phi) is 4.62. The van der Waals surface area contributed by atoms with Gasteiger partial charge in [0.05, 0.1) is 10.6 Å². The SMILES string of the molecule is CC1=C(C#N)S(C)(N)c2nc(-c3ccc(CN)cc3)nc(CCO)c21. The van der Waals surface area contributed by atoms with Crippen LogP contribution in [-0.4, -0.2) is 27.9 Å². The molecule has 6 nitrogen and oxygen atoms in total. The summed E-state index contributed by atoms with van der Waals surface area (Å²) < 4.78 is 0. The molecule has 1 aromatic heterocycles. The van der Waals surface area contributed by atoms with Crippen LogP contribution in [0, 0.1) is 11.3 Å². The summed E-state index contributed by atoms with van der Waals surface area (Å²) in [6.07, 6.45) is 2.27. The number of nitriles is 1. The number of allylic oxidation sites excluding steroid dienone is 2. The molecule has 3 rings (SSSR count). The van der Waals surface area contributed by atoms with Crippen LogP contribution in [0.5, 0.6) is 0 Å². The number of nitrogens with zero attached hydrogens (tertiary/aromatic N) is 3. The number of aromatic nitrogens is 2. The van der Waals surface area contributed by atoms with Crippen molar-refractivity contribution >= 4 is 15.8 Å². The number of nitrogens with two attached hydrogens (primary N) is 2. The van der Waals surface area contributed by atoms with Crippen molar-refractivity contribution in [3.8, 4) is 17.5 Å². The fourth-order valence-corrected chi connectivity index (χ4v) is 5.17. The first-order valence-corrected chi connectivity index (χ1v) is 10.0. The minimum Gasteiger partial charge on any atom is -0.396 e. The number of benzene rings is 1. The van der Waals surface area contributed by atoms with E-state index in [1.807, 2.05) is 37.4 Å². The van der Waals surface area contributed by atoms with Crippen LogP contribution < -0.4 is 10.9 Å². The molecule has 2 aromatic rings. The molecular formula is C18H21N5OS. The first kappa shape index (κ1) is 17.6. The first-order valence-electron chi connectivity index (χ1n) is 7.92. The zero-order chi connectivity index (χ0) is 18.2. The van der Waals surface area contributed by atoms with Gasteiger partial charge in [-0.15, -0.1) is 10.2 Å². The maximum atomic E-state index is 9.53. The molecule has 0 amide bonds. The van der Waals surface area contributed by atoms with E-state index in [0.29, 0.717) is 23.7 Å². The van der Waals surface area contributed by atoms with E-state index in [1.165, 1.54) is 0 Å². The lowest BCUT2D eigenvalue weighted by Gasteiger charge is -2.26. The van der Waals surface area contributed by atoms with Gasteiger partial charge in [-0.3, -0.25) is 5.14 Å². The normalized spacial score (nSPS) is 21.6. The van der Waals surface area contributed by atoms with Gasteiger partial charge in [-0.1, -0.05) is 24.3 Å². The predicted octanol–water partition coefficient (Wildman–Crippen LogP) is 2.07. The monoisotopic (exact) mass is 355 g/mol. The molecule has 0 aliphatic carbocycles. The molecule has 1 aliphatic heterocycles. The van der Waals surface area contributed by atoms with Crippen LogP contribution in [0.25, 0.3) is 17.0 Å². The second-order valence-electron chi connectivity index (χ2n) is 6.10. The van der Waals surface area contributed by atoms with Gasteiger partial charge in [-0.2, -0.15) is 5.26 Å². The van der Waals surface area contributed by atoms with Gasteiger partial charge in [0.1, 0.15) is 11.1 Å². The maximum Gasteiger partial charge on any atom is 0.160 e. The highest BCUT2D eigenvalue weighted by atomic mass is 32.3. The molecule has 0 spiro atoms. The largest absolute Gasteiger partial charge is 0.396 e. The number of hydrogen-bond donors (Lipinski definition) is 3. The van der Waals surface area contributed by atoms with Gasteiger partial charge in [0.25, 0.3) is 0 Å². The molecule has 1 unspecified atom stereocenters. The van der Waals surface area contributed by atoms with E-state index in [1.54, 1.807) is 0 Å². The predicted molar refractivity (Wildman–Crippen MR) is 100 cm³/mol. The Morgan fingerprint density at radius 1 is 1.24 bits per heavy atom. The van der Waals surface area contributed by atoms with Gasteiger partial charge in [0, 0.05) is 30.7 Å². The van der Waals surface area contributed by atoms with E-state index in [-0.39, 0.29) is 6.61 Å². The van der Waals surface area contributed by atoms with Crippen LogP contribution in [-0.2, 0) is 13.0 Å². The van der Waals surface area contributed by atoms with Crippen LogP contribution in [0.4, 0.5) is 0 Å². The standard InChI is InChI=1S/C18H21N5OS/c1-11-15(10-20)25(2,21)18-16(11)14(7-8-24)22-17(23-18)13-5-3-12(9-19)4-6-13/h3-6,24H,7-9,19,21H2,1-2H3. The number of aliphatic hydroxyl groups is 1. The number of aliphatic hydroxyl groups excluding tert-OH is 1. The Labute approximate surface area is 148 Å². The minimum atomic E-state index is -1.96. The molecule has 0 fully saturated rings. The number of rotatable bonds is 4. The van der Waals surface area contributed by atoms with Crippen molar-refractivity contribution in [2.45, 2.75) is 24.9 Å². The number of fused-ring (bicyclic) bond motifs is 1. The molecule has 0 saturated heterocycles. The number of hydrogen-bond acceptors (Lipinski definition) is 6. The van der Waals surface area contributed by atoms with Crippen molar-refractivity contribution < 1.29 is 5.11 Å². The Morgan fingerprint density at radius 2 is 1.92 bits per heavy atom. The van der Waals surface area contributed by atoms with Crippen molar-refractivity contribution in [3.63, 3.8) is 0 Å². The molecule has 0 radical (unpaired) electrons. The maximum absolute atomic E-state index is 9.53.